The molecule has 0 aliphatic carbocycles. The van der Waals surface area contributed by atoms with Crippen molar-refractivity contribution in [1.29, 1.82) is 5.26 Å². The summed E-state index contributed by atoms with van der Waals surface area (Å²) in [6, 6.07) is 2.43. The van der Waals surface area contributed by atoms with Crippen LogP contribution in [0.4, 0.5) is 13.2 Å². The molecular formula is C10H4F3NO2. The lowest BCUT2D eigenvalue weighted by Gasteiger charge is -2.00. The SMILES string of the molecule is N#CC(=Cc1c(F)ccc(F)c1F)C(=O)O. The minimum absolute atomic E-state index is 0.441. The number of carboxylic acids is 1. The first-order valence-electron chi connectivity index (χ1n) is 3.96. The van der Waals surface area contributed by atoms with Crippen molar-refractivity contribution in [2.24, 2.45) is 0 Å². The normalized spacial score (nSPS) is 11.0. The Morgan fingerprint density at radius 2 is 1.88 bits per heavy atom. The lowest BCUT2D eigenvalue weighted by Crippen LogP contribution is -2.00. The number of hydrogen-bond donors (Lipinski definition) is 1. The highest BCUT2D eigenvalue weighted by molar-refractivity contribution is 5.96. The van der Waals surface area contributed by atoms with Crippen LogP contribution < -0.4 is 0 Å². The van der Waals surface area contributed by atoms with Crippen LogP contribution in [-0.4, -0.2) is 11.1 Å². The summed E-state index contributed by atoms with van der Waals surface area (Å²) in [7, 11) is 0. The summed E-state index contributed by atoms with van der Waals surface area (Å²) in [5.41, 5.74) is -1.78. The van der Waals surface area contributed by atoms with E-state index in [1.54, 1.807) is 0 Å². The van der Waals surface area contributed by atoms with Crippen molar-refractivity contribution in [2.75, 3.05) is 0 Å². The molecule has 82 valence electrons. The molecule has 3 nitrogen and oxygen atoms in total. The maximum absolute atomic E-state index is 13.1. The number of carboxylic acid groups (broad SMARTS) is 1. The van der Waals surface area contributed by atoms with E-state index in [0.717, 1.165) is 0 Å². The van der Waals surface area contributed by atoms with Gasteiger partial charge in [-0.1, -0.05) is 0 Å². The van der Waals surface area contributed by atoms with Gasteiger partial charge in [0.05, 0.1) is 5.56 Å². The van der Waals surface area contributed by atoms with E-state index in [1.807, 2.05) is 0 Å². The van der Waals surface area contributed by atoms with Crippen LogP contribution in [-0.2, 0) is 4.79 Å². The van der Waals surface area contributed by atoms with Crippen molar-refractivity contribution in [2.45, 2.75) is 0 Å². The molecular weight excluding hydrogens is 223 g/mol. The summed E-state index contributed by atoms with van der Waals surface area (Å²) >= 11 is 0. The van der Waals surface area contributed by atoms with Crippen LogP contribution in [0.1, 0.15) is 5.56 Å². The molecule has 0 aliphatic rings. The second-order valence-electron chi connectivity index (χ2n) is 2.73. The fourth-order valence-electron chi connectivity index (χ4n) is 0.961. The maximum Gasteiger partial charge on any atom is 0.346 e. The molecule has 0 unspecified atom stereocenters. The monoisotopic (exact) mass is 227 g/mol. The summed E-state index contributed by atoms with van der Waals surface area (Å²) < 4.78 is 38.8. The first kappa shape index (κ1) is 11.8. The first-order chi connectivity index (χ1) is 7.47. The Morgan fingerprint density at radius 1 is 1.31 bits per heavy atom. The molecule has 1 rings (SSSR count). The van der Waals surface area contributed by atoms with Crippen molar-refractivity contribution in [3.05, 3.63) is 40.7 Å². The van der Waals surface area contributed by atoms with E-state index in [4.69, 9.17) is 10.4 Å². The summed E-state index contributed by atoms with van der Waals surface area (Å²) in [6.07, 6.45) is 0.441. The van der Waals surface area contributed by atoms with Crippen LogP contribution in [0, 0.1) is 28.8 Å². The van der Waals surface area contributed by atoms with Gasteiger partial charge in [-0.05, 0) is 18.2 Å². The van der Waals surface area contributed by atoms with E-state index in [1.165, 1.54) is 6.07 Å². The molecule has 0 saturated carbocycles. The molecule has 0 aliphatic heterocycles. The number of halogens is 3. The largest absolute Gasteiger partial charge is 0.477 e. The standard InChI is InChI=1S/C10H4F3NO2/c11-7-1-2-8(12)9(13)6(7)3-5(4-14)10(15)16/h1-3H,(H,15,16). The van der Waals surface area contributed by atoms with Crippen LogP contribution in [0.2, 0.25) is 0 Å². The van der Waals surface area contributed by atoms with Gasteiger partial charge in [-0.25, -0.2) is 18.0 Å². The number of nitriles is 1. The third-order valence-corrected chi connectivity index (χ3v) is 1.72. The lowest BCUT2D eigenvalue weighted by atomic mass is 10.1. The zero-order valence-electron chi connectivity index (χ0n) is 7.67. The topological polar surface area (TPSA) is 61.1 Å². The van der Waals surface area contributed by atoms with Crippen LogP contribution >= 0.6 is 0 Å². The van der Waals surface area contributed by atoms with E-state index in [9.17, 15) is 18.0 Å². The second-order valence-corrected chi connectivity index (χ2v) is 2.73. The van der Waals surface area contributed by atoms with Gasteiger partial charge in [-0.2, -0.15) is 5.26 Å². The molecule has 6 heteroatoms. The molecule has 0 saturated heterocycles. The summed E-state index contributed by atoms with van der Waals surface area (Å²) in [5, 5.41) is 16.8. The molecule has 0 radical (unpaired) electrons. The fraction of sp³-hybridized carbons (Fsp3) is 0. The number of nitrogens with zero attached hydrogens (tertiary/aromatic N) is 1. The van der Waals surface area contributed by atoms with Crippen molar-refractivity contribution >= 4 is 12.0 Å². The lowest BCUT2D eigenvalue weighted by molar-refractivity contribution is -0.132. The van der Waals surface area contributed by atoms with E-state index in [-0.39, 0.29) is 0 Å². The molecule has 1 aromatic carbocycles. The van der Waals surface area contributed by atoms with E-state index >= 15 is 0 Å². The Morgan fingerprint density at radius 3 is 2.38 bits per heavy atom. The highest BCUT2D eigenvalue weighted by atomic mass is 19.2. The Bertz CT molecular complexity index is 518. The molecule has 0 bridgehead atoms. The molecule has 0 atom stereocenters. The minimum Gasteiger partial charge on any atom is -0.477 e. The van der Waals surface area contributed by atoms with E-state index < -0.39 is 34.6 Å². The van der Waals surface area contributed by atoms with Gasteiger partial charge in [0.2, 0.25) is 0 Å². The van der Waals surface area contributed by atoms with Gasteiger partial charge in [0.1, 0.15) is 17.5 Å². The zero-order chi connectivity index (χ0) is 12.3. The number of rotatable bonds is 2. The summed E-state index contributed by atoms with van der Waals surface area (Å²) in [4.78, 5) is 10.4. The minimum atomic E-state index is -1.65. The van der Waals surface area contributed by atoms with Crippen LogP contribution in [0.3, 0.4) is 0 Å². The van der Waals surface area contributed by atoms with Crippen molar-refractivity contribution in [1.82, 2.24) is 0 Å². The van der Waals surface area contributed by atoms with Gasteiger partial charge in [-0.3, -0.25) is 0 Å². The highest BCUT2D eigenvalue weighted by Gasteiger charge is 2.15. The molecule has 1 N–H and O–H groups in total. The van der Waals surface area contributed by atoms with Gasteiger partial charge < -0.3 is 5.11 Å². The Kier molecular flexibility index (Phi) is 3.30. The fourth-order valence-corrected chi connectivity index (χ4v) is 0.961. The predicted molar refractivity (Wildman–Crippen MR) is 47.5 cm³/mol. The Labute approximate surface area is 88.0 Å². The average Bonchev–Trinajstić information content (AvgIpc) is 2.23. The first-order valence-corrected chi connectivity index (χ1v) is 3.96. The number of hydrogen-bond acceptors (Lipinski definition) is 2. The third-order valence-electron chi connectivity index (χ3n) is 1.72. The quantitative estimate of drug-likeness (QED) is 0.478. The van der Waals surface area contributed by atoms with E-state index in [2.05, 4.69) is 0 Å². The number of aliphatic carboxylic acids is 1. The van der Waals surface area contributed by atoms with Crippen LogP contribution in [0.25, 0.3) is 6.08 Å². The molecule has 1 aromatic rings. The van der Waals surface area contributed by atoms with Gasteiger partial charge in [0, 0.05) is 0 Å². The van der Waals surface area contributed by atoms with Crippen molar-refractivity contribution in [3.8, 4) is 6.07 Å². The summed E-state index contributed by atoms with van der Waals surface area (Å²) in [6.45, 7) is 0. The predicted octanol–water partition coefficient (Wildman–Crippen LogP) is 2.10. The zero-order valence-corrected chi connectivity index (χ0v) is 7.67. The van der Waals surface area contributed by atoms with Crippen LogP contribution in [0.5, 0.6) is 0 Å². The number of benzene rings is 1. The van der Waals surface area contributed by atoms with Gasteiger partial charge >= 0.3 is 5.97 Å². The summed E-state index contributed by atoms with van der Waals surface area (Å²) in [5.74, 6) is -5.65. The average molecular weight is 227 g/mol. The van der Waals surface area contributed by atoms with Crippen molar-refractivity contribution < 1.29 is 23.1 Å². The molecule has 0 aromatic heterocycles. The van der Waals surface area contributed by atoms with Gasteiger partial charge in [0.25, 0.3) is 0 Å². The third kappa shape index (κ3) is 2.20. The van der Waals surface area contributed by atoms with Gasteiger partial charge in [0.15, 0.2) is 11.6 Å². The number of carbonyl (C=O) groups is 1. The van der Waals surface area contributed by atoms with Gasteiger partial charge in [-0.15, -0.1) is 0 Å². The van der Waals surface area contributed by atoms with Crippen molar-refractivity contribution in [3.63, 3.8) is 0 Å². The molecule has 0 amide bonds. The molecule has 0 heterocycles. The molecule has 0 spiro atoms. The van der Waals surface area contributed by atoms with E-state index in [0.29, 0.717) is 18.2 Å². The second kappa shape index (κ2) is 4.49. The Balaban J connectivity index is 3.41. The maximum atomic E-state index is 13.1. The molecule has 0 fully saturated rings. The molecule has 16 heavy (non-hydrogen) atoms. The smallest absolute Gasteiger partial charge is 0.346 e. The van der Waals surface area contributed by atoms with Crippen LogP contribution in [0.15, 0.2) is 17.7 Å². The highest BCUT2D eigenvalue weighted by Crippen LogP contribution is 2.18. The Hall–Kier alpha value is -2.29.